The number of ether oxygens (including phenoxy) is 1. The fourth-order valence-electron chi connectivity index (χ4n) is 1.92. The molecule has 0 spiro atoms. The summed E-state index contributed by atoms with van der Waals surface area (Å²) in [6, 6.07) is 11.8. The van der Waals surface area contributed by atoms with Crippen molar-refractivity contribution in [1.82, 2.24) is 0 Å². The second-order valence-corrected chi connectivity index (χ2v) is 5.50. The van der Waals surface area contributed by atoms with Crippen molar-refractivity contribution in [3.05, 3.63) is 68.7 Å². The second kappa shape index (κ2) is 6.42. The lowest BCUT2D eigenvalue weighted by atomic mass is 10.1. The minimum absolute atomic E-state index is 0.489. The van der Waals surface area contributed by atoms with Crippen molar-refractivity contribution in [3.63, 3.8) is 0 Å². The average Bonchev–Trinajstić information content (AvgIpc) is 2.34. The molecule has 0 saturated carbocycles. The van der Waals surface area contributed by atoms with Gasteiger partial charge in [-0.1, -0.05) is 53.0 Å². The molecule has 2 aromatic carbocycles. The summed E-state index contributed by atoms with van der Waals surface area (Å²) in [6.07, 6.45) is 0. The van der Waals surface area contributed by atoms with Crippen LogP contribution in [-0.2, 0) is 18.0 Å². The van der Waals surface area contributed by atoms with E-state index in [1.54, 1.807) is 6.07 Å². The third-order valence-electron chi connectivity index (χ3n) is 3.03. The van der Waals surface area contributed by atoms with Crippen molar-refractivity contribution in [3.8, 4) is 0 Å². The highest BCUT2D eigenvalue weighted by atomic mass is 35.5. The monoisotopic (exact) mass is 294 g/mol. The molecule has 0 aliphatic heterocycles. The van der Waals surface area contributed by atoms with Crippen LogP contribution in [0.25, 0.3) is 0 Å². The lowest BCUT2D eigenvalue weighted by Gasteiger charge is -2.09. The van der Waals surface area contributed by atoms with Crippen LogP contribution in [0, 0.1) is 13.8 Å². The van der Waals surface area contributed by atoms with E-state index in [9.17, 15) is 0 Å². The maximum Gasteiger partial charge on any atom is 0.0735 e. The molecule has 19 heavy (non-hydrogen) atoms. The van der Waals surface area contributed by atoms with Crippen LogP contribution in [0.5, 0.6) is 0 Å². The number of hydrogen-bond donors (Lipinski definition) is 0. The Morgan fingerprint density at radius 1 is 0.895 bits per heavy atom. The van der Waals surface area contributed by atoms with Crippen molar-refractivity contribution in [2.75, 3.05) is 0 Å². The van der Waals surface area contributed by atoms with E-state index in [0.717, 1.165) is 5.56 Å². The van der Waals surface area contributed by atoms with Gasteiger partial charge < -0.3 is 4.74 Å². The lowest BCUT2D eigenvalue weighted by Crippen LogP contribution is -1.97. The number of hydrogen-bond acceptors (Lipinski definition) is 1. The summed E-state index contributed by atoms with van der Waals surface area (Å²) in [5.74, 6) is 0. The van der Waals surface area contributed by atoms with E-state index in [2.05, 4.69) is 32.0 Å². The van der Waals surface area contributed by atoms with Crippen LogP contribution >= 0.6 is 23.2 Å². The highest BCUT2D eigenvalue weighted by Crippen LogP contribution is 2.22. The van der Waals surface area contributed by atoms with Gasteiger partial charge in [0, 0.05) is 10.0 Å². The topological polar surface area (TPSA) is 9.23 Å². The van der Waals surface area contributed by atoms with E-state index in [4.69, 9.17) is 27.9 Å². The van der Waals surface area contributed by atoms with Gasteiger partial charge in [-0.15, -0.1) is 0 Å². The maximum absolute atomic E-state index is 6.10. The molecule has 0 fully saturated rings. The van der Waals surface area contributed by atoms with E-state index >= 15 is 0 Å². The standard InChI is InChI=1S/C16H16Cl2O/c1-11-3-4-13(12(2)7-11)9-19-10-14-5-6-15(17)8-16(14)18/h3-8H,9-10H2,1-2H3. The first kappa shape index (κ1) is 14.4. The van der Waals surface area contributed by atoms with Gasteiger partial charge in [-0.25, -0.2) is 0 Å². The van der Waals surface area contributed by atoms with E-state index < -0.39 is 0 Å². The maximum atomic E-state index is 6.10. The minimum Gasteiger partial charge on any atom is -0.372 e. The number of benzene rings is 2. The molecule has 0 atom stereocenters. The SMILES string of the molecule is Cc1ccc(COCc2ccc(Cl)cc2Cl)c(C)c1. The van der Waals surface area contributed by atoms with Gasteiger partial charge in [0.1, 0.15) is 0 Å². The second-order valence-electron chi connectivity index (χ2n) is 4.66. The van der Waals surface area contributed by atoms with Crippen molar-refractivity contribution in [1.29, 1.82) is 0 Å². The highest BCUT2D eigenvalue weighted by molar-refractivity contribution is 6.35. The molecule has 0 saturated heterocycles. The molecule has 0 aliphatic carbocycles. The number of rotatable bonds is 4. The van der Waals surface area contributed by atoms with E-state index in [1.807, 2.05) is 12.1 Å². The quantitative estimate of drug-likeness (QED) is 0.741. The van der Waals surface area contributed by atoms with Gasteiger partial charge >= 0.3 is 0 Å². The van der Waals surface area contributed by atoms with Crippen molar-refractivity contribution < 1.29 is 4.74 Å². The summed E-state index contributed by atoms with van der Waals surface area (Å²) in [6.45, 7) is 5.26. The fourth-order valence-corrected chi connectivity index (χ4v) is 2.38. The van der Waals surface area contributed by atoms with Gasteiger partial charge in [-0.05, 0) is 42.7 Å². The van der Waals surface area contributed by atoms with E-state index in [0.29, 0.717) is 23.3 Å². The molecule has 1 nitrogen and oxygen atoms in total. The molecule has 2 rings (SSSR count). The van der Waals surface area contributed by atoms with Crippen LogP contribution in [0.1, 0.15) is 22.3 Å². The number of aryl methyl sites for hydroxylation is 2. The van der Waals surface area contributed by atoms with E-state index in [-0.39, 0.29) is 0 Å². The lowest BCUT2D eigenvalue weighted by molar-refractivity contribution is 0.107. The molecule has 0 aliphatic rings. The van der Waals surface area contributed by atoms with Crippen molar-refractivity contribution in [2.45, 2.75) is 27.1 Å². The molecule has 3 heteroatoms. The molecule has 100 valence electrons. The van der Waals surface area contributed by atoms with Gasteiger partial charge in [-0.3, -0.25) is 0 Å². The number of halogens is 2. The first-order valence-electron chi connectivity index (χ1n) is 6.14. The fraction of sp³-hybridized carbons (Fsp3) is 0.250. The molecule has 2 aromatic rings. The highest BCUT2D eigenvalue weighted by Gasteiger charge is 2.03. The average molecular weight is 295 g/mol. The summed E-state index contributed by atoms with van der Waals surface area (Å²) in [4.78, 5) is 0. The van der Waals surface area contributed by atoms with E-state index in [1.165, 1.54) is 16.7 Å². The molecule has 0 amide bonds. The Kier molecular flexibility index (Phi) is 4.87. The zero-order valence-corrected chi connectivity index (χ0v) is 12.6. The normalized spacial score (nSPS) is 10.7. The first-order chi connectivity index (χ1) is 9.06. The predicted molar refractivity (Wildman–Crippen MR) is 80.9 cm³/mol. The van der Waals surface area contributed by atoms with Crippen molar-refractivity contribution >= 4 is 23.2 Å². The Labute approximate surface area is 124 Å². The Bertz CT molecular complexity index is 527. The smallest absolute Gasteiger partial charge is 0.0735 e. The Hall–Kier alpha value is -1.02. The Balaban J connectivity index is 1.96. The van der Waals surface area contributed by atoms with Crippen molar-refractivity contribution in [2.24, 2.45) is 0 Å². The molecular weight excluding hydrogens is 279 g/mol. The van der Waals surface area contributed by atoms with Crippen LogP contribution in [0.15, 0.2) is 36.4 Å². The van der Waals surface area contributed by atoms with Crippen LogP contribution in [0.2, 0.25) is 10.0 Å². The van der Waals surface area contributed by atoms with Crippen LogP contribution in [0.3, 0.4) is 0 Å². The molecule has 0 radical (unpaired) electrons. The van der Waals surface area contributed by atoms with Gasteiger partial charge in [0.25, 0.3) is 0 Å². The predicted octanol–water partition coefficient (Wildman–Crippen LogP) is 5.33. The molecule has 0 unspecified atom stereocenters. The minimum atomic E-state index is 0.489. The summed E-state index contributed by atoms with van der Waals surface area (Å²) in [5, 5.41) is 1.29. The van der Waals surface area contributed by atoms with Gasteiger partial charge in [0.2, 0.25) is 0 Å². The van der Waals surface area contributed by atoms with Crippen LogP contribution in [0.4, 0.5) is 0 Å². The molecule has 0 heterocycles. The van der Waals surface area contributed by atoms with Gasteiger partial charge in [-0.2, -0.15) is 0 Å². The summed E-state index contributed by atoms with van der Waals surface area (Å²) < 4.78 is 5.72. The first-order valence-corrected chi connectivity index (χ1v) is 6.89. The third-order valence-corrected chi connectivity index (χ3v) is 3.62. The Morgan fingerprint density at radius 3 is 2.26 bits per heavy atom. The largest absolute Gasteiger partial charge is 0.372 e. The summed E-state index contributed by atoms with van der Waals surface area (Å²) in [7, 11) is 0. The van der Waals surface area contributed by atoms with Gasteiger partial charge in [0.15, 0.2) is 0 Å². The molecule has 0 N–H and O–H groups in total. The van der Waals surface area contributed by atoms with Crippen LogP contribution < -0.4 is 0 Å². The molecule has 0 aromatic heterocycles. The summed E-state index contributed by atoms with van der Waals surface area (Å²) >= 11 is 12.0. The zero-order valence-electron chi connectivity index (χ0n) is 11.0. The molecular formula is C16H16Cl2O. The van der Waals surface area contributed by atoms with Crippen LogP contribution in [-0.4, -0.2) is 0 Å². The van der Waals surface area contributed by atoms with Gasteiger partial charge in [0.05, 0.1) is 13.2 Å². The molecule has 0 bridgehead atoms. The third kappa shape index (κ3) is 3.97. The Morgan fingerprint density at radius 2 is 1.58 bits per heavy atom. The summed E-state index contributed by atoms with van der Waals surface area (Å²) in [5.41, 5.74) is 4.68. The zero-order chi connectivity index (χ0) is 13.8.